The van der Waals surface area contributed by atoms with E-state index < -0.39 is 0 Å². The third-order valence-corrected chi connectivity index (χ3v) is 3.34. The zero-order valence-corrected chi connectivity index (χ0v) is 11.5. The van der Waals surface area contributed by atoms with Crippen molar-refractivity contribution in [3.8, 4) is 17.6 Å². The Morgan fingerprint density at radius 3 is 2.71 bits per heavy atom. The van der Waals surface area contributed by atoms with Gasteiger partial charge in [0.25, 0.3) is 0 Å². The average Bonchev–Trinajstić information content (AvgIpc) is 2.51. The van der Waals surface area contributed by atoms with Crippen LogP contribution >= 0.6 is 15.9 Å². The first-order valence-electron chi connectivity index (χ1n) is 5.67. The van der Waals surface area contributed by atoms with Gasteiger partial charge in [-0.3, -0.25) is 0 Å². The van der Waals surface area contributed by atoms with Gasteiger partial charge >= 0.3 is 0 Å². The summed E-state index contributed by atoms with van der Waals surface area (Å²) in [5.74, 6) is 1.69. The molecule has 0 unspecified atom stereocenters. The van der Waals surface area contributed by atoms with Crippen molar-refractivity contribution in [2.45, 2.75) is 26.2 Å². The summed E-state index contributed by atoms with van der Waals surface area (Å²) in [6, 6.07) is 4.06. The van der Waals surface area contributed by atoms with Crippen LogP contribution in [0.5, 0.6) is 11.5 Å². The van der Waals surface area contributed by atoms with Gasteiger partial charge in [-0.1, -0.05) is 13.8 Å². The number of benzene rings is 1. The number of hydrogen-bond donors (Lipinski definition) is 0. The Hall–Kier alpha value is -1.21. The number of halogens is 1. The maximum absolute atomic E-state index is 9.24. The molecule has 2 rings (SSSR count). The largest absolute Gasteiger partial charge is 0.490 e. The summed E-state index contributed by atoms with van der Waals surface area (Å²) in [4.78, 5) is 0. The molecule has 0 saturated heterocycles. The van der Waals surface area contributed by atoms with Gasteiger partial charge < -0.3 is 9.47 Å². The van der Waals surface area contributed by atoms with Gasteiger partial charge in [0.05, 0.1) is 18.8 Å². The molecule has 4 heteroatoms. The van der Waals surface area contributed by atoms with Gasteiger partial charge in [-0.15, -0.1) is 0 Å². The van der Waals surface area contributed by atoms with Crippen LogP contribution in [0.15, 0.2) is 10.5 Å². The van der Waals surface area contributed by atoms with E-state index in [-0.39, 0.29) is 5.92 Å². The van der Waals surface area contributed by atoms with E-state index in [1.807, 2.05) is 6.07 Å². The molecule has 1 aliphatic heterocycles. The van der Waals surface area contributed by atoms with E-state index in [4.69, 9.17) is 9.47 Å². The second kappa shape index (κ2) is 4.97. The summed E-state index contributed by atoms with van der Waals surface area (Å²) in [7, 11) is 0. The van der Waals surface area contributed by atoms with Crippen molar-refractivity contribution in [1.29, 1.82) is 5.26 Å². The zero-order chi connectivity index (χ0) is 12.4. The first-order valence-corrected chi connectivity index (χ1v) is 6.46. The number of rotatable bonds is 1. The highest BCUT2D eigenvalue weighted by Gasteiger charge is 2.23. The lowest BCUT2D eigenvalue weighted by molar-refractivity contribution is 0.296. The summed E-state index contributed by atoms with van der Waals surface area (Å²) in [6.45, 7) is 5.40. The third-order valence-electron chi connectivity index (χ3n) is 2.72. The summed E-state index contributed by atoms with van der Waals surface area (Å²) in [5, 5.41) is 9.24. The highest BCUT2D eigenvalue weighted by molar-refractivity contribution is 9.10. The Balaban J connectivity index is 2.67. The van der Waals surface area contributed by atoms with E-state index >= 15 is 0 Å². The van der Waals surface area contributed by atoms with Gasteiger partial charge in [-0.2, -0.15) is 5.26 Å². The zero-order valence-electron chi connectivity index (χ0n) is 9.92. The van der Waals surface area contributed by atoms with Crippen LogP contribution < -0.4 is 9.47 Å². The molecule has 0 aliphatic carbocycles. The topological polar surface area (TPSA) is 42.2 Å². The molecule has 0 N–H and O–H groups in total. The second-order valence-electron chi connectivity index (χ2n) is 4.29. The summed E-state index contributed by atoms with van der Waals surface area (Å²) >= 11 is 3.42. The highest BCUT2D eigenvalue weighted by atomic mass is 79.9. The Morgan fingerprint density at radius 1 is 1.35 bits per heavy atom. The van der Waals surface area contributed by atoms with Crippen molar-refractivity contribution in [3.05, 3.63) is 21.7 Å². The lowest BCUT2D eigenvalue weighted by Crippen LogP contribution is -2.02. The van der Waals surface area contributed by atoms with Crippen LogP contribution in [0.3, 0.4) is 0 Å². The van der Waals surface area contributed by atoms with E-state index in [9.17, 15) is 5.26 Å². The Labute approximate surface area is 109 Å². The average molecular weight is 296 g/mol. The van der Waals surface area contributed by atoms with Crippen molar-refractivity contribution in [1.82, 2.24) is 0 Å². The molecular formula is C13H14BrNO2. The maximum Gasteiger partial charge on any atom is 0.166 e. The van der Waals surface area contributed by atoms with Gasteiger partial charge in [-0.25, -0.2) is 0 Å². The fraction of sp³-hybridized carbons (Fsp3) is 0.462. The number of ether oxygens (including phenoxy) is 2. The smallest absolute Gasteiger partial charge is 0.166 e. The minimum Gasteiger partial charge on any atom is -0.490 e. The first kappa shape index (κ1) is 12.3. The number of fused-ring (bicyclic) bond motifs is 1. The molecule has 0 bridgehead atoms. The van der Waals surface area contributed by atoms with Crippen LogP contribution in [0.4, 0.5) is 0 Å². The number of nitriles is 1. The van der Waals surface area contributed by atoms with Crippen molar-refractivity contribution in [2.75, 3.05) is 13.2 Å². The van der Waals surface area contributed by atoms with Crippen molar-refractivity contribution >= 4 is 15.9 Å². The molecule has 17 heavy (non-hydrogen) atoms. The fourth-order valence-corrected chi connectivity index (χ4v) is 2.47. The highest BCUT2D eigenvalue weighted by Crippen LogP contribution is 2.42. The van der Waals surface area contributed by atoms with Crippen LogP contribution in [0.2, 0.25) is 0 Å². The van der Waals surface area contributed by atoms with Gasteiger partial charge in [0.2, 0.25) is 0 Å². The SMILES string of the molecule is CC(C)c1c(C#N)c(Br)cc2c1OCCCO2. The standard InChI is InChI=1S/C13H14BrNO2/c1-8(2)12-9(7-15)10(14)6-11-13(12)17-5-3-4-16-11/h6,8H,3-5H2,1-2H3. The molecule has 0 spiro atoms. The summed E-state index contributed by atoms with van der Waals surface area (Å²) in [6.07, 6.45) is 0.867. The number of nitrogens with zero attached hydrogens (tertiary/aromatic N) is 1. The molecule has 1 aromatic rings. The van der Waals surface area contributed by atoms with Crippen LogP contribution in [-0.4, -0.2) is 13.2 Å². The van der Waals surface area contributed by atoms with Crippen molar-refractivity contribution in [2.24, 2.45) is 0 Å². The van der Waals surface area contributed by atoms with Gasteiger partial charge in [0, 0.05) is 16.5 Å². The molecule has 1 aromatic carbocycles. The fourth-order valence-electron chi connectivity index (χ4n) is 1.96. The van der Waals surface area contributed by atoms with Crippen LogP contribution in [0.25, 0.3) is 0 Å². The molecule has 1 aliphatic rings. The van der Waals surface area contributed by atoms with Gasteiger partial charge in [-0.05, 0) is 27.9 Å². The molecule has 3 nitrogen and oxygen atoms in total. The van der Waals surface area contributed by atoms with Gasteiger partial charge in [0.15, 0.2) is 11.5 Å². The quantitative estimate of drug-likeness (QED) is 0.795. The van der Waals surface area contributed by atoms with Gasteiger partial charge in [0.1, 0.15) is 6.07 Å². The van der Waals surface area contributed by atoms with E-state index in [0.717, 1.165) is 28.0 Å². The molecular weight excluding hydrogens is 282 g/mol. The van der Waals surface area contributed by atoms with Crippen molar-refractivity contribution in [3.63, 3.8) is 0 Å². The summed E-state index contributed by atoms with van der Waals surface area (Å²) in [5.41, 5.74) is 1.57. The van der Waals surface area contributed by atoms with E-state index in [2.05, 4.69) is 35.8 Å². The maximum atomic E-state index is 9.24. The monoisotopic (exact) mass is 295 g/mol. The molecule has 0 aromatic heterocycles. The molecule has 0 saturated carbocycles. The lowest BCUT2D eigenvalue weighted by Gasteiger charge is -2.17. The molecule has 0 fully saturated rings. The molecule has 1 heterocycles. The molecule has 90 valence electrons. The first-order chi connectivity index (χ1) is 8.15. The molecule has 0 radical (unpaired) electrons. The van der Waals surface area contributed by atoms with E-state index in [1.165, 1.54) is 0 Å². The third kappa shape index (κ3) is 2.25. The van der Waals surface area contributed by atoms with Crippen LogP contribution in [-0.2, 0) is 0 Å². The predicted molar refractivity (Wildman–Crippen MR) is 68.6 cm³/mol. The van der Waals surface area contributed by atoms with Crippen molar-refractivity contribution < 1.29 is 9.47 Å². The Bertz CT molecular complexity index is 477. The lowest BCUT2D eigenvalue weighted by atomic mass is 9.96. The molecule has 0 amide bonds. The number of hydrogen-bond acceptors (Lipinski definition) is 3. The molecule has 0 atom stereocenters. The summed E-state index contributed by atoms with van der Waals surface area (Å²) < 4.78 is 12.2. The normalized spacial score (nSPS) is 14.3. The van der Waals surface area contributed by atoms with E-state index in [0.29, 0.717) is 18.8 Å². The van der Waals surface area contributed by atoms with E-state index in [1.54, 1.807) is 0 Å². The van der Waals surface area contributed by atoms with Crippen LogP contribution in [0.1, 0.15) is 37.3 Å². The second-order valence-corrected chi connectivity index (χ2v) is 5.15. The van der Waals surface area contributed by atoms with Crippen LogP contribution in [0, 0.1) is 11.3 Å². The minimum absolute atomic E-state index is 0.220. The Kier molecular flexibility index (Phi) is 3.58. The minimum atomic E-state index is 0.220. The predicted octanol–water partition coefficient (Wildman–Crippen LogP) is 3.61. The Morgan fingerprint density at radius 2 is 2.06 bits per heavy atom.